The van der Waals surface area contributed by atoms with E-state index in [0.29, 0.717) is 30.2 Å². The number of ether oxygens (including phenoxy) is 2. The number of sulfonamides is 1. The third-order valence-corrected chi connectivity index (χ3v) is 8.73. The van der Waals surface area contributed by atoms with Gasteiger partial charge in [0.15, 0.2) is 0 Å². The Bertz CT molecular complexity index is 1400. The van der Waals surface area contributed by atoms with Crippen LogP contribution >= 0.6 is 0 Å². The van der Waals surface area contributed by atoms with Crippen molar-refractivity contribution in [3.05, 3.63) is 84.4 Å². The quantitative estimate of drug-likeness (QED) is 0.265. The summed E-state index contributed by atoms with van der Waals surface area (Å²) in [6.07, 6.45) is 1.08. The van der Waals surface area contributed by atoms with Crippen molar-refractivity contribution in [1.82, 2.24) is 10.2 Å². The fourth-order valence-corrected chi connectivity index (χ4v) is 5.85. The number of nitrogens with one attached hydrogen (secondary N) is 1. The molecule has 3 aromatic carbocycles. The van der Waals surface area contributed by atoms with Crippen molar-refractivity contribution < 1.29 is 27.5 Å². The van der Waals surface area contributed by atoms with Gasteiger partial charge in [-0.3, -0.25) is 13.9 Å². The molecule has 0 saturated heterocycles. The number of benzene rings is 3. The molecule has 10 heteroatoms. The predicted molar refractivity (Wildman–Crippen MR) is 164 cm³/mol. The Morgan fingerprint density at radius 1 is 0.857 bits per heavy atom. The Balaban J connectivity index is 2.04. The van der Waals surface area contributed by atoms with Crippen LogP contribution in [0.4, 0.5) is 5.69 Å². The van der Waals surface area contributed by atoms with Crippen LogP contribution in [0.15, 0.2) is 83.8 Å². The highest BCUT2D eigenvalue weighted by Crippen LogP contribution is 2.27. The smallest absolute Gasteiger partial charge is 0.264 e. The molecule has 226 valence electrons. The molecule has 0 saturated carbocycles. The summed E-state index contributed by atoms with van der Waals surface area (Å²) in [6.45, 7) is 7.63. The Kier molecular flexibility index (Phi) is 11.8. The number of amides is 2. The molecule has 0 heterocycles. The molecule has 3 rings (SSSR count). The lowest BCUT2D eigenvalue weighted by atomic mass is 10.1. The topological polar surface area (TPSA) is 105 Å². The number of hydrogen-bond donors (Lipinski definition) is 1. The van der Waals surface area contributed by atoms with Crippen LogP contribution in [-0.2, 0) is 26.2 Å². The number of rotatable bonds is 15. The SMILES string of the molecule is CCOc1ccc(N(CC(=O)N(Cc2ccc(OC)cc2)[C@@H](CC)C(=O)N[C@H](C)CC)S(=O)(=O)c2ccccc2)cc1. The lowest BCUT2D eigenvalue weighted by molar-refractivity contribution is -0.140. The van der Waals surface area contributed by atoms with E-state index in [-0.39, 0.29) is 23.4 Å². The molecule has 42 heavy (non-hydrogen) atoms. The van der Waals surface area contributed by atoms with Gasteiger partial charge in [0.25, 0.3) is 10.0 Å². The van der Waals surface area contributed by atoms with Crippen molar-refractivity contribution in [2.45, 2.75) is 64.1 Å². The number of carbonyl (C=O) groups excluding carboxylic acids is 2. The second kappa shape index (κ2) is 15.3. The molecule has 0 bridgehead atoms. The molecule has 1 N–H and O–H groups in total. The van der Waals surface area contributed by atoms with Crippen LogP contribution in [0.25, 0.3) is 0 Å². The first kappa shape index (κ1) is 32.5. The molecule has 2 atom stereocenters. The average Bonchev–Trinajstić information content (AvgIpc) is 3.00. The summed E-state index contributed by atoms with van der Waals surface area (Å²) >= 11 is 0. The number of carbonyl (C=O) groups is 2. The van der Waals surface area contributed by atoms with Crippen molar-refractivity contribution in [3.63, 3.8) is 0 Å². The standard InChI is InChI=1S/C32H41N3O6S/c1-6-24(4)33-32(37)30(7-2)34(22-25-14-18-27(40-5)19-15-25)31(36)23-35(26-16-20-28(21-17-26)41-8-3)42(38,39)29-12-10-9-11-13-29/h9-21,24,30H,6-8,22-23H2,1-5H3,(H,33,37)/t24-,30+/m1/s1. The first-order valence-electron chi connectivity index (χ1n) is 14.2. The van der Waals surface area contributed by atoms with Crippen molar-refractivity contribution in [2.75, 3.05) is 24.6 Å². The van der Waals surface area contributed by atoms with Crippen molar-refractivity contribution >= 4 is 27.5 Å². The van der Waals surface area contributed by atoms with Gasteiger partial charge in [0, 0.05) is 12.6 Å². The van der Waals surface area contributed by atoms with Crippen molar-refractivity contribution in [2.24, 2.45) is 0 Å². The van der Waals surface area contributed by atoms with Gasteiger partial charge in [0.1, 0.15) is 24.1 Å². The number of hydrogen-bond acceptors (Lipinski definition) is 6. The third-order valence-electron chi connectivity index (χ3n) is 6.94. The van der Waals surface area contributed by atoms with Crippen LogP contribution in [0, 0.1) is 0 Å². The maximum Gasteiger partial charge on any atom is 0.264 e. The molecule has 2 amide bonds. The second-order valence-electron chi connectivity index (χ2n) is 9.86. The Morgan fingerprint density at radius 3 is 2.02 bits per heavy atom. The molecule has 3 aromatic rings. The molecule has 9 nitrogen and oxygen atoms in total. The van der Waals surface area contributed by atoms with Gasteiger partial charge in [-0.2, -0.15) is 0 Å². The molecule has 0 aliphatic heterocycles. The van der Waals surface area contributed by atoms with Gasteiger partial charge in [0.05, 0.1) is 24.3 Å². The van der Waals surface area contributed by atoms with Gasteiger partial charge in [-0.25, -0.2) is 8.42 Å². The highest BCUT2D eigenvalue weighted by atomic mass is 32.2. The molecule has 0 spiro atoms. The molecular weight excluding hydrogens is 554 g/mol. The molecule has 0 aliphatic rings. The highest BCUT2D eigenvalue weighted by molar-refractivity contribution is 7.92. The van der Waals surface area contributed by atoms with E-state index in [1.807, 2.05) is 39.8 Å². The largest absolute Gasteiger partial charge is 0.497 e. The summed E-state index contributed by atoms with van der Waals surface area (Å²) in [5, 5.41) is 2.98. The Labute approximate surface area is 249 Å². The predicted octanol–water partition coefficient (Wildman–Crippen LogP) is 5.01. The van der Waals surface area contributed by atoms with Crippen molar-refractivity contribution in [3.8, 4) is 11.5 Å². The third kappa shape index (κ3) is 8.25. The van der Waals surface area contributed by atoms with E-state index in [4.69, 9.17) is 9.47 Å². The zero-order valence-corrected chi connectivity index (χ0v) is 25.8. The normalized spacial score (nSPS) is 12.6. The first-order valence-corrected chi connectivity index (χ1v) is 15.6. The van der Waals surface area contributed by atoms with E-state index in [2.05, 4.69) is 5.32 Å². The molecule has 0 unspecified atom stereocenters. The molecular formula is C32H41N3O6S. The van der Waals surface area contributed by atoms with Crippen LogP contribution in [0.5, 0.6) is 11.5 Å². The zero-order chi connectivity index (χ0) is 30.7. The second-order valence-corrected chi connectivity index (χ2v) is 11.7. The summed E-state index contributed by atoms with van der Waals surface area (Å²) in [5.41, 5.74) is 1.08. The zero-order valence-electron chi connectivity index (χ0n) is 24.9. The summed E-state index contributed by atoms with van der Waals surface area (Å²) < 4.78 is 39.7. The summed E-state index contributed by atoms with van der Waals surface area (Å²) in [6, 6.07) is 20.8. The van der Waals surface area contributed by atoms with E-state index < -0.39 is 28.5 Å². The van der Waals surface area contributed by atoms with E-state index in [9.17, 15) is 18.0 Å². The molecule has 0 aliphatic carbocycles. The van der Waals surface area contributed by atoms with Crippen LogP contribution in [0.3, 0.4) is 0 Å². The fraction of sp³-hybridized carbons (Fsp3) is 0.375. The molecule has 0 fully saturated rings. The lowest BCUT2D eigenvalue weighted by Crippen LogP contribution is -2.53. The van der Waals surface area contributed by atoms with E-state index in [0.717, 1.165) is 16.3 Å². The average molecular weight is 596 g/mol. The minimum absolute atomic E-state index is 0.0509. The lowest BCUT2D eigenvalue weighted by Gasteiger charge is -2.33. The van der Waals surface area contributed by atoms with E-state index >= 15 is 0 Å². The maximum atomic E-state index is 14.2. The number of anilines is 1. The van der Waals surface area contributed by atoms with Gasteiger partial charge >= 0.3 is 0 Å². The van der Waals surface area contributed by atoms with Gasteiger partial charge < -0.3 is 19.7 Å². The van der Waals surface area contributed by atoms with Gasteiger partial charge in [-0.15, -0.1) is 0 Å². The number of nitrogens with zero attached hydrogens (tertiary/aromatic N) is 2. The van der Waals surface area contributed by atoms with Crippen LogP contribution in [0.1, 0.15) is 46.1 Å². The minimum Gasteiger partial charge on any atom is -0.497 e. The summed E-state index contributed by atoms with van der Waals surface area (Å²) in [4.78, 5) is 29.0. The molecule has 0 aromatic heterocycles. The van der Waals surface area contributed by atoms with Gasteiger partial charge in [-0.05, 0) is 80.8 Å². The minimum atomic E-state index is -4.14. The Morgan fingerprint density at radius 2 is 1.48 bits per heavy atom. The Hall–Kier alpha value is -4.05. The highest BCUT2D eigenvalue weighted by Gasteiger charge is 2.34. The van der Waals surface area contributed by atoms with E-state index in [1.165, 1.54) is 17.0 Å². The first-order chi connectivity index (χ1) is 20.1. The van der Waals surface area contributed by atoms with Crippen LogP contribution in [0.2, 0.25) is 0 Å². The van der Waals surface area contributed by atoms with Gasteiger partial charge in [0.2, 0.25) is 11.8 Å². The van der Waals surface area contributed by atoms with Crippen molar-refractivity contribution in [1.29, 1.82) is 0 Å². The van der Waals surface area contributed by atoms with E-state index in [1.54, 1.807) is 61.7 Å². The van der Waals surface area contributed by atoms with Gasteiger partial charge in [-0.1, -0.05) is 44.2 Å². The summed E-state index contributed by atoms with van der Waals surface area (Å²) in [5.74, 6) is 0.449. The monoisotopic (exact) mass is 595 g/mol. The maximum absolute atomic E-state index is 14.2. The van der Waals surface area contributed by atoms with Crippen LogP contribution < -0.4 is 19.1 Å². The molecule has 0 radical (unpaired) electrons. The van der Waals surface area contributed by atoms with Crippen LogP contribution in [-0.4, -0.2) is 57.5 Å². The number of methoxy groups -OCH3 is 1. The summed E-state index contributed by atoms with van der Waals surface area (Å²) in [7, 11) is -2.57. The fourth-order valence-electron chi connectivity index (χ4n) is 4.41.